The summed E-state index contributed by atoms with van der Waals surface area (Å²) in [6.45, 7) is 3.98. The van der Waals surface area contributed by atoms with Crippen LogP contribution in [0, 0.1) is 13.8 Å². The molecule has 0 spiro atoms. The van der Waals surface area contributed by atoms with Gasteiger partial charge in [0.2, 0.25) is 0 Å². The van der Waals surface area contributed by atoms with E-state index in [-0.39, 0.29) is 5.69 Å². The van der Waals surface area contributed by atoms with E-state index >= 15 is 0 Å². The van der Waals surface area contributed by atoms with Crippen molar-refractivity contribution in [3.8, 4) is 0 Å². The molecule has 1 N–H and O–H groups in total. The average Bonchev–Trinajstić information content (AvgIpc) is 2.74. The van der Waals surface area contributed by atoms with Crippen LogP contribution >= 0.6 is 0 Å². The summed E-state index contributed by atoms with van der Waals surface area (Å²) in [6, 6.07) is 3.56. The highest BCUT2D eigenvalue weighted by Gasteiger charge is 2.14. The van der Waals surface area contributed by atoms with Gasteiger partial charge in [-0.15, -0.1) is 0 Å². The lowest BCUT2D eigenvalue weighted by Crippen LogP contribution is -2.09. The minimum absolute atomic E-state index is 0.286. The van der Waals surface area contributed by atoms with Crippen molar-refractivity contribution in [2.24, 2.45) is 0 Å². The predicted octanol–water partition coefficient (Wildman–Crippen LogP) is 1.84. The van der Waals surface area contributed by atoms with Crippen LogP contribution in [0.1, 0.15) is 27.5 Å². The number of aromatic nitrogens is 2. The van der Waals surface area contributed by atoms with Gasteiger partial charge in [0.25, 0.3) is 0 Å². The van der Waals surface area contributed by atoms with Crippen molar-refractivity contribution in [3.63, 3.8) is 0 Å². The second-order valence-corrected chi connectivity index (χ2v) is 3.72. The van der Waals surface area contributed by atoms with Crippen LogP contribution in [-0.4, -0.2) is 20.8 Å². The van der Waals surface area contributed by atoms with E-state index in [2.05, 4.69) is 5.16 Å². The van der Waals surface area contributed by atoms with E-state index in [4.69, 9.17) is 9.63 Å². The Bertz CT molecular complexity index is 525. The molecule has 0 unspecified atom stereocenters. The Hall–Kier alpha value is -2.04. The van der Waals surface area contributed by atoms with Gasteiger partial charge < -0.3 is 14.2 Å². The molecule has 0 radical (unpaired) electrons. The molecule has 0 aliphatic carbocycles. The molecule has 5 heteroatoms. The molecule has 0 saturated heterocycles. The molecule has 0 atom stereocenters. The maximum absolute atomic E-state index is 11.0. The highest BCUT2D eigenvalue weighted by Crippen LogP contribution is 2.13. The topological polar surface area (TPSA) is 68.3 Å². The van der Waals surface area contributed by atoms with Crippen LogP contribution in [0.5, 0.6) is 0 Å². The number of rotatable bonds is 3. The van der Waals surface area contributed by atoms with Crippen molar-refractivity contribution >= 4 is 5.97 Å². The number of aromatic carboxylic acids is 1. The van der Waals surface area contributed by atoms with Gasteiger partial charge in [-0.05, 0) is 25.5 Å². The summed E-state index contributed by atoms with van der Waals surface area (Å²) in [7, 11) is 0. The van der Waals surface area contributed by atoms with Crippen molar-refractivity contribution in [1.82, 2.24) is 9.72 Å². The molecule has 2 rings (SSSR count). The van der Waals surface area contributed by atoms with Crippen LogP contribution in [0.2, 0.25) is 0 Å². The molecule has 2 aromatic rings. The summed E-state index contributed by atoms with van der Waals surface area (Å²) in [4.78, 5) is 11.0. The summed E-state index contributed by atoms with van der Waals surface area (Å²) < 4.78 is 6.68. The molecule has 5 nitrogen and oxygen atoms in total. The SMILES string of the molecule is Cc1cc(Cn2ccc(C)c2C(=O)O)on1. The number of carboxylic acids is 1. The zero-order chi connectivity index (χ0) is 11.7. The highest BCUT2D eigenvalue weighted by molar-refractivity contribution is 5.87. The normalized spacial score (nSPS) is 10.6. The number of nitrogens with zero attached hydrogens (tertiary/aromatic N) is 2. The molecule has 16 heavy (non-hydrogen) atoms. The lowest BCUT2D eigenvalue weighted by Gasteiger charge is -2.03. The molecule has 0 aliphatic heterocycles. The first-order chi connectivity index (χ1) is 7.58. The van der Waals surface area contributed by atoms with E-state index in [0.717, 1.165) is 11.3 Å². The van der Waals surface area contributed by atoms with Gasteiger partial charge in [0, 0.05) is 12.3 Å². The molecule has 0 amide bonds. The van der Waals surface area contributed by atoms with Crippen molar-refractivity contribution in [2.75, 3.05) is 0 Å². The molecule has 84 valence electrons. The molecule has 2 aromatic heterocycles. The zero-order valence-corrected chi connectivity index (χ0v) is 9.10. The average molecular weight is 220 g/mol. The third kappa shape index (κ3) is 1.84. The van der Waals surface area contributed by atoms with Gasteiger partial charge in [0.05, 0.1) is 12.2 Å². The van der Waals surface area contributed by atoms with Gasteiger partial charge in [-0.1, -0.05) is 5.16 Å². The Balaban J connectivity index is 2.31. The van der Waals surface area contributed by atoms with E-state index in [0.29, 0.717) is 12.3 Å². The maximum atomic E-state index is 11.0. The van der Waals surface area contributed by atoms with Gasteiger partial charge >= 0.3 is 5.97 Å². The fourth-order valence-corrected chi connectivity index (χ4v) is 1.66. The fourth-order valence-electron chi connectivity index (χ4n) is 1.66. The molecule has 0 aliphatic rings. The number of aryl methyl sites for hydroxylation is 2. The Labute approximate surface area is 92.3 Å². The first-order valence-corrected chi connectivity index (χ1v) is 4.89. The van der Waals surface area contributed by atoms with E-state index in [9.17, 15) is 4.79 Å². The smallest absolute Gasteiger partial charge is 0.352 e. The van der Waals surface area contributed by atoms with Gasteiger partial charge in [0.15, 0.2) is 5.76 Å². The molecular weight excluding hydrogens is 208 g/mol. The van der Waals surface area contributed by atoms with Crippen molar-refractivity contribution < 1.29 is 14.4 Å². The summed E-state index contributed by atoms with van der Waals surface area (Å²) in [5.74, 6) is -0.283. The zero-order valence-electron chi connectivity index (χ0n) is 9.10. The second kappa shape index (κ2) is 3.84. The van der Waals surface area contributed by atoms with Gasteiger partial charge in [-0.25, -0.2) is 4.79 Å². The van der Waals surface area contributed by atoms with E-state index < -0.39 is 5.97 Å². The summed E-state index contributed by atoms with van der Waals surface area (Å²) in [5.41, 5.74) is 1.81. The van der Waals surface area contributed by atoms with Crippen LogP contribution in [0.3, 0.4) is 0 Å². The van der Waals surface area contributed by atoms with Crippen molar-refractivity contribution in [3.05, 3.63) is 41.0 Å². The number of hydrogen-bond acceptors (Lipinski definition) is 3. The third-order valence-corrected chi connectivity index (χ3v) is 2.37. The number of hydrogen-bond donors (Lipinski definition) is 1. The predicted molar refractivity (Wildman–Crippen MR) is 56.5 cm³/mol. The second-order valence-electron chi connectivity index (χ2n) is 3.72. The first-order valence-electron chi connectivity index (χ1n) is 4.89. The van der Waals surface area contributed by atoms with E-state index in [1.165, 1.54) is 0 Å². The lowest BCUT2D eigenvalue weighted by atomic mass is 10.3. The maximum Gasteiger partial charge on any atom is 0.352 e. The Morgan fingerprint density at radius 2 is 2.31 bits per heavy atom. The summed E-state index contributed by atoms with van der Waals surface area (Å²) in [6.07, 6.45) is 1.73. The van der Waals surface area contributed by atoms with Crippen LogP contribution in [-0.2, 0) is 6.54 Å². The minimum atomic E-state index is -0.932. The molecule has 0 saturated carbocycles. The first kappa shape index (κ1) is 10.5. The van der Waals surface area contributed by atoms with Crippen LogP contribution < -0.4 is 0 Å². The molecule has 0 fully saturated rings. The molecular formula is C11H12N2O3. The molecule has 2 heterocycles. The number of carboxylic acid groups (broad SMARTS) is 1. The van der Waals surface area contributed by atoms with Gasteiger partial charge in [0.1, 0.15) is 5.69 Å². The standard InChI is InChI=1S/C11H12N2O3/c1-7-3-4-13(10(7)11(14)15)6-9-5-8(2)12-16-9/h3-5H,6H2,1-2H3,(H,14,15). The van der Waals surface area contributed by atoms with Crippen LogP contribution in [0.15, 0.2) is 22.9 Å². The van der Waals surface area contributed by atoms with Gasteiger partial charge in [-0.2, -0.15) is 0 Å². The molecule has 0 aromatic carbocycles. The summed E-state index contributed by atoms with van der Waals surface area (Å²) >= 11 is 0. The van der Waals surface area contributed by atoms with Gasteiger partial charge in [-0.3, -0.25) is 0 Å². The monoisotopic (exact) mass is 220 g/mol. The van der Waals surface area contributed by atoms with E-state index in [1.807, 2.05) is 6.92 Å². The van der Waals surface area contributed by atoms with Crippen LogP contribution in [0.25, 0.3) is 0 Å². The minimum Gasteiger partial charge on any atom is -0.477 e. The summed E-state index contributed by atoms with van der Waals surface area (Å²) in [5, 5.41) is 12.8. The Kier molecular flexibility index (Phi) is 2.52. The van der Waals surface area contributed by atoms with E-state index in [1.54, 1.807) is 29.8 Å². The number of carbonyl (C=O) groups is 1. The van der Waals surface area contributed by atoms with Crippen molar-refractivity contribution in [1.29, 1.82) is 0 Å². The van der Waals surface area contributed by atoms with Crippen LogP contribution in [0.4, 0.5) is 0 Å². The quantitative estimate of drug-likeness (QED) is 0.856. The highest BCUT2D eigenvalue weighted by atomic mass is 16.5. The van der Waals surface area contributed by atoms with Crippen molar-refractivity contribution in [2.45, 2.75) is 20.4 Å². The fraction of sp³-hybridized carbons (Fsp3) is 0.273. The molecule has 0 bridgehead atoms. The Morgan fingerprint density at radius 1 is 1.56 bits per heavy atom. The third-order valence-electron chi connectivity index (χ3n) is 2.37. The lowest BCUT2D eigenvalue weighted by molar-refractivity contribution is 0.0684. The Morgan fingerprint density at radius 3 is 2.88 bits per heavy atom. The largest absolute Gasteiger partial charge is 0.477 e.